The van der Waals surface area contributed by atoms with Gasteiger partial charge in [-0.3, -0.25) is 4.79 Å². The van der Waals surface area contributed by atoms with Gasteiger partial charge in [0.1, 0.15) is 0 Å². The van der Waals surface area contributed by atoms with E-state index in [9.17, 15) is 4.79 Å². The summed E-state index contributed by atoms with van der Waals surface area (Å²) in [5.74, 6) is -0.0297. The lowest BCUT2D eigenvalue weighted by molar-refractivity contribution is -0.121. The number of hydrogen-bond donors (Lipinski definition) is 1. The highest BCUT2D eigenvalue weighted by Crippen LogP contribution is 2.19. The molecule has 0 saturated carbocycles. The first-order chi connectivity index (χ1) is 10.6. The van der Waals surface area contributed by atoms with E-state index in [1.165, 1.54) is 0 Å². The van der Waals surface area contributed by atoms with Crippen molar-refractivity contribution < 1.29 is 9.53 Å². The van der Waals surface area contributed by atoms with Crippen LogP contribution < -0.4 is 5.32 Å². The van der Waals surface area contributed by atoms with E-state index in [0.717, 1.165) is 16.7 Å². The Hall–Kier alpha value is -1.84. The van der Waals surface area contributed by atoms with Gasteiger partial charge in [0.05, 0.1) is 12.5 Å². The molecule has 0 aliphatic carbocycles. The van der Waals surface area contributed by atoms with Gasteiger partial charge in [-0.25, -0.2) is 0 Å². The lowest BCUT2D eigenvalue weighted by Gasteiger charge is -2.18. The molecular formula is C18H20ClNO2. The number of amides is 1. The molecule has 2 aromatic rings. The fourth-order valence-electron chi connectivity index (χ4n) is 2.32. The van der Waals surface area contributed by atoms with Crippen LogP contribution in [0.5, 0.6) is 0 Å². The van der Waals surface area contributed by atoms with E-state index in [-0.39, 0.29) is 12.0 Å². The average molecular weight is 318 g/mol. The maximum absolute atomic E-state index is 12.0. The van der Waals surface area contributed by atoms with Crippen LogP contribution in [0, 0.1) is 6.92 Å². The van der Waals surface area contributed by atoms with Crippen LogP contribution in [0.1, 0.15) is 22.8 Å². The highest BCUT2D eigenvalue weighted by Gasteiger charge is 2.14. The van der Waals surface area contributed by atoms with Crippen molar-refractivity contribution in [3.05, 3.63) is 70.2 Å². The Bertz CT molecular complexity index is 625. The number of nitrogens with one attached hydrogen (secondary N) is 1. The molecule has 4 heteroatoms. The summed E-state index contributed by atoms with van der Waals surface area (Å²) in [4.78, 5) is 12.0. The highest BCUT2D eigenvalue weighted by molar-refractivity contribution is 6.30. The van der Waals surface area contributed by atoms with Crippen LogP contribution in [0.3, 0.4) is 0 Å². The van der Waals surface area contributed by atoms with Crippen molar-refractivity contribution in [1.29, 1.82) is 0 Å². The molecule has 2 rings (SSSR count). The van der Waals surface area contributed by atoms with Gasteiger partial charge >= 0.3 is 0 Å². The summed E-state index contributed by atoms with van der Waals surface area (Å²) in [5.41, 5.74) is 3.19. The van der Waals surface area contributed by atoms with Crippen LogP contribution in [0.25, 0.3) is 0 Å². The molecule has 0 radical (unpaired) electrons. The Labute approximate surface area is 136 Å². The van der Waals surface area contributed by atoms with E-state index in [1.807, 2.05) is 43.3 Å². The first kappa shape index (κ1) is 16.5. The van der Waals surface area contributed by atoms with E-state index in [1.54, 1.807) is 19.2 Å². The van der Waals surface area contributed by atoms with Crippen LogP contribution in [0.4, 0.5) is 0 Å². The number of carbonyl (C=O) groups is 1. The average Bonchev–Trinajstić information content (AvgIpc) is 2.52. The van der Waals surface area contributed by atoms with Crippen molar-refractivity contribution in [2.45, 2.75) is 19.4 Å². The second-order valence-corrected chi connectivity index (χ2v) is 5.62. The predicted molar refractivity (Wildman–Crippen MR) is 89.1 cm³/mol. The topological polar surface area (TPSA) is 38.3 Å². The highest BCUT2D eigenvalue weighted by atomic mass is 35.5. The molecule has 0 aromatic heterocycles. The molecule has 0 heterocycles. The minimum Gasteiger partial charge on any atom is -0.375 e. The van der Waals surface area contributed by atoms with Crippen LogP contribution >= 0.6 is 11.6 Å². The Kier molecular flexibility index (Phi) is 5.99. The van der Waals surface area contributed by atoms with E-state index in [0.29, 0.717) is 18.0 Å². The van der Waals surface area contributed by atoms with Crippen molar-refractivity contribution >= 4 is 17.5 Å². The van der Waals surface area contributed by atoms with Gasteiger partial charge in [0.2, 0.25) is 5.91 Å². The molecule has 1 atom stereocenters. The molecule has 2 aromatic carbocycles. The van der Waals surface area contributed by atoms with E-state index in [4.69, 9.17) is 16.3 Å². The summed E-state index contributed by atoms with van der Waals surface area (Å²) in [6.45, 7) is 2.49. The summed E-state index contributed by atoms with van der Waals surface area (Å²) in [7, 11) is 1.66. The summed E-state index contributed by atoms with van der Waals surface area (Å²) in [6, 6.07) is 15.3. The van der Waals surface area contributed by atoms with E-state index < -0.39 is 0 Å². The van der Waals surface area contributed by atoms with Gasteiger partial charge in [0, 0.05) is 18.7 Å². The maximum Gasteiger partial charge on any atom is 0.224 e. The SMILES string of the molecule is COC(CNC(=O)Cc1ccc(Cl)cc1)c1ccccc1C. The summed E-state index contributed by atoms with van der Waals surface area (Å²) in [6.07, 6.45) is 0.192. The Balaban J connectivity index is 1.91. The van der Waals surface area contributed by atoms with Gasteiger partial charge in [-0.2, -0.15) is 0 Å². The third-order valence-electron chi connectivity index (χ3n) is 3.58. The lowest BCUT2D eigenvalue weighted by atomic mass is 10.0. The number of carbonyl (C=O) groups excluding carboxylic acids is 1. The minimum absolute atomic E-state index is 0.0297. The fraction of sp³-hybridized carbons (Fsp3) is 0.278. The molecule has 1 N–H and O–H groups in total. The van der Waals surface area contributed by atoms with Crippen LogP contribution in [0.2, 0.25) is 5.02 Å². The molecule has 0 aliphatic rings. The number of hydrogen-bond acceptors (Lipinski definition) is 2. The Morgan fingerprint density at radius 3 is 2.50 bits per heavy atom. The second-order valence-electron chi connectivity index (χ2n) is 5.19. The zero-order chi connectivity index (χ0) is 15.9. The molecule has 0 spiro atoms. The first-order valence-corrected chi connectivity index (χ1v) is 7.57. The number of methoxy groups -OCH3 is 1. The molecule has 0 saturated heterocycles. The standard InChI is InChI=1S/C18H20ClNO2/c1-13-5-3-4-6-16(13)17(22-2)12-20-18(21)11-14-7-9-15(19)10-8-14/h3-10,17H,11-12H2,1-2H3,(H,20,21). The first-order valence-electron chi connectivity index (χ1n) is 7.19. The third kappa shape index (κ3) is 4.58. The summed E-state index contributed by atoms with van der Waals surface area (Å²) in [5, 5.41) is 3.60. The van der Waals surface area contributed by atoms with E-state index in [2.05, 4.69) is 5.32 Å². The van der Waals surface area contributed by atoms with Gasteiger partial charge in [0.15, 0.2) is 0 Å². The molecule has 22 heavy (non-hydrogen) atoms. The Morgan fingerprint density at radius 2 is 1.86 bits per heavy atom. The number of halogens is 1. The smallest absolute Gasteiger partial charge is 0.224 e. The van der Waals surface area contributed by atoms with Crippen LogP contribution in [-0.2, 0) is 16.0 Å². The normalized spacial score (nSPS) is 12.0. The van der Waals surface area contributed by atoms with Crippen LogP contribution in [0.15, 0.2) is 48.5 Å². The Morgan fingerprint density at radius 1 is 1.18 bits per heavy atom. The monoisotopic (exact) mass is 317 g/mol. The van der Waals surface area contributed by atoms with E-state index >= 15 is 0 Å². The second kappa shape index (κ2) is 7.97. The molecule has 0 aliphatic heterocycles. The number of rotatable bonds is 6. The summed E-state index contributed by atoms with van der Waals surface area (Å²) < 4.78 is 5.50. The molecule has 3 nitrogen and oxygen atoms in total. The van der Waals surface area contributed by atoms with Crippen molar-refractivity contribution in [3.8, 4) is 0 Å². The predicted octanol–water partition coefficient (Wildman–Crippen LogP) is 3.69. The molecule has 1 unspecified atom stereocenters. The zero-order valence-corrected chi connectivity index (χ0v) is 13.6. The van der Waals surface area contributed by atoms with Gasteiger partial charge in [-0.1, -0.05) is 48.0 Å². The van der Waals surface area contributed by atoms with Gasteiger partial charge in [-0.15, -0.1) is 0 Å². The third-order valence-corrected chi connectivity index (χ3v) is 3.83. The maximum atomic E-state index is 12.0. The van der Waals surface area contributed by atoms with Crippen molar-refractivity contribution in [2.24, 2.45) is 0 Å². The van der Waals surface area contributed by atoms with Crippen LogP contribution in [-0.4, -0.2) is 19.6 Å². The largest absolute Gasteiger partial charge is 0.375 e. The summed E-state index contributed by atoms with van der Waals surface area (Å²) >= 11 is 5.84. The molecule has 0 bridgehead atoms. The molecule has 0 fully saturated rings. The molecular weight excluding hydrogens is 298 g/mol. The number of aryl methyl sites for hydroxylation is 1. The number of benzene rings is 2. The molecule has 116 valence electrons. The van der Waals surface area contributed by atoms with Crippen molar-refractivity contribution in [3.63, 3.8) is 0 Å². The van der Waals surface area contributed by atoms with Crippen molar-refractivity contribution in [2.75, 3.05) is 13.7 Å². The fourth-order valence-corrected chi connectivity index (χ4v) is 2.45. The lowest BCUT2D eigenvalue weighted by Crippen LogP contribution is -2.30. The minimum atomic E-state index is -0.143. The quantitative estimate of drug-likeness (QED) is 0.882. The van der Waals surface area contributed by atoms with Gasteiger partial charge in [-0.05, 0) is 35.7 Å². The molecule has 1 amide bonds. The van der Waals surface area contributed by atoms with Gasteiger partial charge < -0.3 is 10.1 Å². The van der Waals surface area contributed by atoms with Gasteiger partial charge in [0.25, 0.3) is 0 Å². The zero-order valence-electron chi connectivity index (χ0n) is 12.8. The number of ether oxygens (including phenoxy) is 1. The van der Waals surface area contributed by atoms with Crippen molar-refractivity contribution in [1.82, 2.24) is 5.32 Å².